The molecule has 1 fully saturated rings. The van der Waals surface area contributed by atoms with Crippen molar-refractivity contribution in [1.29, 1.82) is 5.26 Å². The molecule has 2 aromatic carbocycles. The zero-order valence-electron chi connectivity index (χ0n) is 13.5. The van der Waals surface area contributed by atoms with Crippen LogP contribution in [0.25, 0.3) is 0 Å². The second-order valence-corrected chi connectivity index (χ2v) is 6.83. The number of nitriles is 1. The van der Waals surface area contributed by atoms with E-state index in [2.05, 4.69) is 35.7 Å². The summed E-state index contributed by atoms with van der Waals surface area (Å²) in [5, 5.41) is 12.5. The van der Waals surface area contributed by atoms with Crippen molar-refractivity contribution in [1.82, 2.24) is 5.32 Å². The van der Waals surface area contributed by atoms with Gasteiger partial charge in [-0.05, 0) is 41.9 Å². The summed E-state index contributed by atoms with van der Waals surface area (Å²) in [6, 6.07) is 20.9. The Kier molecular flexibility index (Phi) is 3.82. The van der Waals surface area contributed by atoms with Crippen LogP contribution in [0.3, 0.4) is 0 Å². The lowest BCUT2D eigenvalue weighted by atomic mass is 9.99. The predicted octanol–water partition coefficient (Wildman–Crippen LogP) is 3.21. The van der Waals surface area contributed by atoms with Crippen LogP contribution in [0.2, 0.25) is 0 Å². The van der Waals surface area contributed by atoms with Crippen LogP contribution in [0.15, 0.2) is 54.6 Å². The average molecular weight is 316 g/mol. The Labute approximate surface area is 142 Å². The van der Waals surface area contributed by atoms with Gasteiger partial charge in [0.2, 0.25) is 5.91 Å². The topological polar surface area (TPSA) is 52.9 Å². The second kappa shape index (κ2) is 6.13. The van der Waals surface area contributed by atoms with E-state index in [1.165, 1.54) is 16.7 Å². The van der Waals surface area contributed by atoms with E-state index in [0.717, 1.165) is 12.8 Å². The fourth-order valence-electron chi connectivity index (χ4n) is 4.02. The standard InChI is InChI=1S/C21H20N2O/c22-13-16(11-10-14-6-2-1-3-7-14)21(24)23-20-18-12-15-8-4-5-9-17(15)19(18)20/h1-9,16,18-20H,10-12H2,(H,23,24)/t16-,18+,19+,20+/m0/s1. The molecule has 4 atom stereocenters. The van der Waals surface area contributed by atoms with Gasteiger partial charge in [-0.3, -0.25) is 4.79 Å². The zero-order chi connectivity index (χ0) is 16.5. The van der Waals surface area contributed by atoms with Crippen molar-refractivity contribution in [3.8, 4) is 6.07 Å². The molecule has 0 radical (unpaired) electrons. The molecule has 1 amide bonds. The molecule has 3 heteroatoms. The van der Waals surface area contributed by atoms with Crippen LogP contribution in [-0.2, 0) is 17.6 Å². The molecule has 2 aliphatic rings. The summed E-state index contributed by atoms with van der Waals surface area (Å²) < 4.78 is 0. The molecule has 2 aliphatic carbocycles. The molecule has 0 bridgehead atoms. The van der Waals surface area contributed by atoms with Gasteiger partial charge in [0.15, 0.2) is 0 Å². The molecule has 0 unspecified atom stereocenters. The lowest BCUT2D eigenvalue weighted by molar-refractivity contribution is -0.123. The maximum Gasteiger partial charge on any atom is 0.237 e. The number of hydrogen-bond donors (Lipinski definition) is 1. The second-order valence-electron chi connectivity index (χ2n) is 6.83. The van der Waals surface area contributed by atoms with Crippen LogP contribution >= 0.6 is 0 Å². The molecule has 120 valence electrons. The van der Waals surface area contributed by atoms with Crippen molar-refractivity contribution in [2.45, 2.75) is 31.2 Å². The smallest absolute Gasteiger partial charge is 0.237 e. The molecule has 4 rings (SSSR count). The van der Waals surface area contributed by atoms with E-state index in [-0.39, 0.29) is 11.9 Å². The number of benzene rings is 2. The maximum atomic E-state index is 12.5. The largest absolute Gasteiger partial charge is 0.351 e. The minimum absolute atomic E-state index is 0.106. The summed E-state index contributed by atoms with van der Waals surface area (Å²) in [6.07, 6.45) is 2.38. The first-order chi connectivity index (χ1) is 11.8. The molecule has 24 heavy (non-hydrogen) atoms. The normalized spacial score (nSPS) is 24.4. The highest BCUT2D eigenvalue weighted by atomic mass is 16.2. The summed E-state index contributed by atoms with van der Waals surface area (Å²) in [5.74, 6) is 0.311. The Balaban J connectivity index is 1.34. The highest BCUT2D eigenvalue weighted by Crippen LogP contribution is 2.56. The molecule has 0 aliphatic heterocycles. The Morgan fingerprint density at radius 2 is 1.92 bits per heavy atom. The molecular weight excluding hydrogens is 296 g/mol. The van der Waals surface area contributed by atoms with Gasteiger partial charge in [-0.15, -0.1) is 0 Å². The van der Waals surface area contributed by atoms with Crippen LogP contribution in [-0.4, -0.2) is 11.9 Å². The first-order valence-corrected chi connectivity index (χ1v) is 8.59. The number of nitrogens with one attached hydrogen (secondary N) is 1. The van der Waals surface area contributed by atoms with Crippen molar-refractivity contribution in [3.63, 3.8) is 0 Å². The van der Waals surface area contributed by atoms with E-state index >= 15 is 0 Å². The van der Waals surface area contributed by atoms with E-state index in [1.807, 2.05) is 30.3 Å². The van der Waals surface area contributed by atoms with Crippen molar-refractivity contribution in [2.24, 2.45) is 11.8 Å². The van der Waals surface area contributed by atoms with Gasteiger partial charge in [0, 0.05) is 12.0 Å². The molecule has 0 spiro atoms. The minimum Gasteiger partial charge on any atom is -0.351 e. The number of aryl methyl sites for hydroxylation is 1. The van der Waals surface area contributed by atoms with E-state index in [1.54, 1.807) is 0 Å². The van der Waals surface area contributed by atoms with E-state index < -0.39 is 5.92 Å². The molecule has 0 aromatic heterocycles. The minimum atomic E-state index is -0.568. The zero-order valence-corrected chi connectivity index (χ0v) is 13.5. The van der Waals surface area contributed by atoms with Gasteiger partial charge < -0.3 is 5.32 Å². The number of rotatable bonds is 5. The SMILES string of the molecule is N#C[C@H](CCc1ccccc1)C(=O)N[C@@H]1[C@@H]2Cc3ccccc3[C@H]21. The summed E-state index contributed by atoms with van der Waals surface area (Å²) in [5.41, 5.74) is 3.97. The van der Waals surface area contributed by atoms with Crippen LogP contribution in [0.1, 0.15) is 29.0 Å². The van der Waals surface area contributed by atoms with Crippen molar-refractivity contribution >= 4 is 5.91 Å². The van der Waals surface area contributed by atoms with Gasteiger partial charge >= 0.3 is 0 Å². The van der Waals surface area contributed by atoms with Gasteiger partial charge in [0.1, 0.15) is 5.92 Å². The molecule has 0 heterocycles. The number of carbonyl (C=O) groups excluding carboxylic acids is 1. The summed E-state index contributed by atoms with van der Waals surface area (Å²) >= 11 is 0. The summed E-state index contributed by atoms with van der Waals surface area (Å²) in [7, 11) is 0. The highest BCUT2D eigenvalue weighted by molar-refractivity contribution is 5.82. The molecule has 1 saturated carbocycles. The quantitative estimate of drug-likeness (QED) is 0.921. The van der Waals surface area contributed by atoms with Crippen molar-refractivity contribution < 1.29 is 4.79 Å². The number of nitrogens with zero attached hydrogens (tertiary/aromatic N) is 1. The predicted molar refractivity (Wildman–Crippen MR) is 92.2 cm³/mol. The number of fused-ring (bicyclic) bond motifs is 3. The van der Waals surface area contributed by atoms with Crippen LogP contribution in [0.5, 0.6) is 0 Å². The maximum absolute atomic E-state index is 12.5. The third kappa shape index (κ3) is 2.69. The molecule has 0 saturated heterocycles. The van der Waals surface area contributed by atoms with E-state index in [9.17, 15) is 10.1 Å². The molecule has 1 N–H and O–H groups in total. The van der Waals surface area contributed by atoms with Crippen LogP contribution < -0.4 is 5.32 Å². The molecule has 3 nitrogen and oxygen atoms in total. The Morgan fingerprint density at radius 3 is 2.71 bits per heavy atom. The first kappa shape index (κ1) is 15.0. The fraction of sp³-hybridized carbons (Fsp3) is 0.333. The molecule has 2 aromatic rings. The monoisotopic (exact) mass is 316 g/mol. The van der Waals surface area contributed by atoms with Gasteiger partial charge in [-0.1, -0.05) is 54.6 Å². The number of amides is 1. The van der Waals surface area contributed by atoms with Gasteiger partial charge in [0.25, 0.3) is 0 Å². The van der Waals surface area contributed by atoms with Gasteiger partial charge in [-0.25, -0.2) is 0 Å². The summed E-state index contributed by atoms with van der Waals surface area (Å²) in [4.78, 5) is 12.5. The van der Waals surface area contributed by atoms with E-state index in [0.29, 0.717) is 18.3 Å². The Bertz CT molecular complexity index is 793. The highest BCUT2D eigenvalue weighted by Gasteiger charge is 2.56. The van der Waals surface area contributed by atoms with Gasteiger partial charge in [0.05, 0.1) is 6.07 Å². The van der Waals surface area contributed by atoms with Gasteiger partial charge in [-0.2, -0.15) is 5.26 Å². The third-order valence-corrected chi connectivity index (χ3v) is 5.38. The van der Waals surface area contributed by atoms with Crippen molar-refractivity contribution in [2.75, 3.05) is 0 Å². The fourth-order valence-corrected chi connectivity index (χ4v) is 4.02. The lowest BCUT2D eigenvalue weighted by Crippen LogP contribution is -2.34. The summed E-state index contributed by atoms with van der Waals surface area (Å²) in [6.45, 7) is 0. The lowest BCUT2D eigenvalue weighted by Gasteiger charge is -2.13. The number of hydrogen-bond acceptors (Lipinski definition) is 2. The van der Waals surface area contributed by atoms with Crippen molar-refractivity contribution in [3.05, 3.63) is 71.3 Å². The third-order valence-electron chi connectivity index (χ3n) is 5.38. The van der Waals surface area contributed by atoms with E-state index in [4.69, 9.17) is 0 Å². The average Bonchev–Trinajstić information content (AvgIpc) is 3.13. The van der Waals surface area contributed by atoms with Crippen LogP contribution in [0.4, 0.5) is 0 Å². The Hall–Kier alpha value is -2.60. The Morgan fingerprint density at radius 1 is 1.17 bits per heavy atom. The van der Waals surface area contributed by atoms with Crippen LogP contribution in [0, 0.1) is 23.2 Å². The first-order valence-electron chi connectivity index (χ1n) is 8.59. The molecular formula is C21H20N2O. The number of carbonyl (C=O) groups is 1.